The van der Waals surface area contributed by atoms with Gasteiger partial charge < -0.3 is 5.11 Å². The average molecular weight is 195 g/mol. The van der Waals surface area contributed by atoms with Crippen LogP contribution in [0, 0.1) is 5.41 Å². The van der Waals surface area contributed by atoms with Gasteiger partial charge in [-0.25, -0.2) is 0 Å². The summed E-state index contributed by atoms with van der Waals surface area (Å²) in [6.45, 7) is 6.44. The van der Waals surface area contributed by atoms with Gasteiger partial charge in [0.1, 0.15) is 5.41 Å². The Bertz CT molecular complexity index is 270. The van der Waals surface area contributed by atoms with Crippen LogP contribution in [-0.2, 0) is 4.79 Å². The summed E-state index contributed by atoms with van der Waals surface area (Å²) in [5.41, 5.74) is -0.0252. The SMILES string of the molecule is C=CC1(C(=O)O)CC1=NCCCCC. The number of carboxylic acids is 1. The van der Waals surface area contributed by atoms with Crippen LogP contribution in [0.2, 0.25) is 0 Å². The summed E-state index contributed by atoms with van der Waals surface area (Å²) in [4.78, 5) is 15.1. The molecule has 0 amide bonds. The first-order valence-corrected chi connectivity index (χ1v) is 5.08. The van der Waals surface area contributed by atoms with Crippen molar-refractivity contribution < 1.29 is 9.90 Å². The zero-order valence-electron chi connectivity index (χ0n) is 8.62. The molecule has 0 saturated heterocycles. The van der Waals surface area contributed by atoms with E-state index in [9.17, 15) is 4.79 Å². The van der Waals surface area contributed by atoms with Crippen LogP contribution in [0.15, 0.2) is 17.6 Å². The van der Waals surface area contributed by atoms with Crippen LogP contribution in [0.1, 0.15) is 32.6 Å². The molecule has 1 aliphatic rings. The largest absolute Gasteiger partial charge is 0.480 e. The second-order valence-corrected chi connectivity index (χ2v) is 3.69. The number of aliphatic imine (C=N–C) groups is 1. The molecule has 3 heteroatoms. The maximum absolute atomic E-state index is 10.9. The Morgan fingerprint density at radius 1 is 1.71 bits per heavy atom. The molecule has 0 aromatic heterocycles. The zero-order valence-corrected chi connectivity index (χ0v) is 8.62. The Kier molecular flexibility index (Phi) is 3.44. The van der Waals surface area contributed by atoms with E-state index in [4.69, 9.17) is 5.11 Å². The molecule has 0 radical (unpaired) electrons. The lowest BCUT2D eigenvalue weighted by molar-refractivity contribution is -0.140. The Morgan fingerprint density at radius 2 is 2.43 bits per heavy atom. The first-order valence-electron chi connectivity index (χ1n) is 5.08. The molecule has 14 heavy (non-hydrogen) atoms. The zero-order chi connectivity index (χ0) is 10.6. The Morgan fingerprint density at radius 3 is 2.86 bits per heavy atom. The molecule has 3 nitrogen and oxygen atoms in total. The van der Waals surface area contributed by atoms with Crippen LogP contribution < -0.4 is 0 Å². The van der Waals surface area contributed by atoms with Crippen molar-refractivity contribution in [2.24, 2.45) is 10.4 Å². The molecule has 1 aliphatic carbocycles. The van der Waals surface area contributed by atoms with Crippen molar-refractivity contribution in [3.8, 4) is 0 Å². The summed E-state index contributed by atoms with van der Waals surface area (Å²) in [6, 6.07) is 0. The van der Waals surface area contributed by atoms with Crippen molar-refractivity contribution in [2.75, 3.05) is 6.54 Å². The molecule has 1 unspecified atom stereocenters. The molecular formula is C11H17NO2. The average Bonchev–Trinajstić information content (AvgIpc) is 2.88. The second-order valence-electron chi connectivity index (χ2n) is 3.69. The van der Waals surface area contributed by atoms with Gasteiger partial charge in [0, 0.05) is 18.7 Å². The van der Waals surface area contributed by atoms with Crippen LogP contribution in [-0.4, -0.2) is 23.3 Å². The Balaban J connectivity index is 2.42. The third-order valence-corrected chi connectivity index (χ3v) is 2.63. The fourth-order valence-corrected chi connectivity index (χ4v) is 1.47. The number of nitrogens with zero attached hydrogens (tertiary/aromatic N) is 1. The Hall–Kier alpha value is -1.12. The Labute approximate surface area is 84.5 Å². The van der Waals surface area contributed by atoms with E-state index in [0.29, 0.717) is 6.42 Å². The first-order chi connectivity index (χ1) is 6.67. The van der Waals surface area contributed by atoms with Crippen LogP contribution in [0.3, 0.4) is 0 Å². The third kappa shape index (κ3) is 2.03. The van der Waals surface area contributed by atoms with Crippen LogP contribution in [0.4, 0.5) is 0 Å². The van der Waals surface area contributed by atoms with Gasteiger partial charge in [-0.15, -0.1) is 6.58 Å². The molecule has 1 fully saturated rings. The molecule has 0 aliphatic heterocycles. The van der Waals surface area contributed by atoms with Gasteiger partial charge in [0.05, 0.1) is 0 Å². The summed E-state index contributed by atoms with van der Waals surface area (Å²) >= 11 is 0. The van der Waals surface area contributed by atoms with Gasteiger partial charge in [-0.2, -0.15) is 0 Å². The summed E-state index contributed by atoms with van der Waals surface area (Å²) in [6.07, 6.45) is 5.42. The van der Waals surface area contributed by atoms with E-state index in [-0.39, 0.29) is 0 Å². The first kappa shape index (κ1) is 11.0. The van der Waals surface area contributed by atoms with Gasteiger partial charge in [-0.3, -0.25) is 9.79 Å². The molecule has 0 bridgehead atoms. The van der Waals surface area contributed by atoms with Gasteiger partial charge in [-0.1, -0.05) is 25.8 Å². The topological polar surface area (TPSA) is 49.7 Å². The monoisotopic (exact) mass is 195 g/mol. The second kappa shape index (κ2) is 4.40. The predicted octanol–water partition coefficient (Wildman–Crippen LogP) is 2.28. The minimum Gasteiger partial charge on any atom is -0.480 e. The fourth-order valence-electron chi connectivity index (χ4n) is 1.47. The van der Waals surface area contributed by atoms with E-state index >= 15 is 0 Å². The van der Waals surface area contributed by atoms with Gasteiger partial charge in [0.15, 0.2) is 0 Å². The minimum atomic E-state index is -0.818. The van der Waals surface area contributed by atoms with Gasteiger partial charge in [0.2, 0.25) is 0 Å². The van der Waals surface area contributed by atoms with Crippen LogP contribution in [0.25, 0.3) is 0 Å². The molecule has 78 valence electrons. The molecule has 0 heterocycles. The third-order valence-electron chi connectivity index (χ3n) is 2.63. The predicted molar refractivity (Wildman–Crippen MR) is 56.7 cm³/mol. The molecular weight excluding hydrogens is 178 g/mol. The molecule has 1 N–H and O–H groups in total. The van der Waals surface area contributed by atoms with E-state index in [0.717, 1.165) is 31.5 Å². The van der Waals surface area contributed by atoms with Crippen molar-refractivity contribution in [3.63, 3.8) is 0 Å². The van der Waals surface area contributed by atoms with Crippen molar-refractivity contribution in [3.05, 3.63) is 12.7 Å². The highest BCUT2D eigenvalue weighted by atomic mass is 16.4. The number of unbranched alkanes of at least 4 members (excludes halogenated alkanes) is 2. The number of aliphatic carboxylic acids is 1. The van der Waals surface area contributed by atoms with E-state index in [1.807, 2.05) is 0 Å². The van der Waals surface area contributed by atoms with E-state index in [2.05, 4.69) is 18.5 Å². The quantitative estimate of drug-likeness (QED) is 0.522. The molecule has 0 aromatic carbocycles. The molecule has 0 aromatic rings. The summed E-state index contributed by atoms with van der Waals surface area (Å²) in [7, 11) is 0. The molecule has 1 atom stereocenters. The van der Waals surface area contributed by atoms with Crippen molar-refractivity contribution >= 4 is 11.7 Å². The highest BCUT2D eigenvalue weighted by Gasteiger charge is 2.55. The number of carbonyl (C=O) groups is 1. The highest BCUT2D eigenvalue weighted by Crippen LogP contribution is 2.43. The standard InChI is InChI=1S/C11H17NO2/c1-3-5-6-7-12-9-8-11(9,4-2)10(13)14/h4H,2-3,5-8H2,1H3,(H,13,14). The lowest BCUT2D eigenvalue weighted by Crippen LogP contribution is -2.14. The number of hydrogen-bond acceptors (Lipinski definition) is 2. The molecule has 1 rings (SSSR count). The number of hydrogen-bond donors (Lipinski definition) is 1. The maximum Gasteiger partial charge on any atom is 0.319 e. The van der Waals surface area contributed by atoms with Crippen molar-refractivity contribution in [1.29, 1.82) is 0 Å². The van der Waals surface area contributed by atoms with Crippen LogP contribution in [0.5, 0.6) is 0 Å². The normalized spacial score (nSPS) is 27.6. The minimum absolute atomic E-state index is 0.554. The summed E-state index contributed by atoms with van der Waals surface area (Å²) < 4.78 is 0. The van der Waals surface area contributed by atoms with Gasteiger partial charge in [0.25, 0.3) is 0 Å². The van der Waals surface area contributed by atoms with Gasteiger partial charge >= 0.3 is 5.97 Å². The van der Waals surface area contributed by atoms with Crippen molar-refractivity contribution in [1.82, 2.24) is 0 Å². The lowest BCUT2D eigenvalue weighted by Gasteiger charge is -1.99. The summed E-state index contributed by atoms with van der Waals surface area (Å²) in [5.74, 6) is -0.818. The number of rotatable bonds is 6. The molecule has 0 spiro atoms. The number of carboxylic acid groups (broad SMARTS) is 1. The summed E-state index contributed by atoms with van der Waals surface area (Å²) in [5, 5.41) is 8.92. The molecule has 1 saturated carbocycles. The highest BCUT2D eigenvalue weighted by molar-refractivity contribution is 6.21. The van der Waals surface area contributed by atoms with E-state index < -0.39 is 11.4 Å². The maximum atomic E-state index is 10.9. The van der Waals surface area contributed by atoms with E-state index in [1.54, 1.807) is 0 Å². The van der Waals surface area contributed by atoms with E-state index in [1.165, 1.54) is 6.08 Å². The lowest BCUT2D eigenvalue weighted by atomic mass is 10.1. The van der Waals surface area contributed by atoms with Crippen molar-refractivity contribution in [2.45, 2.75) is 32.6 Å². The van der Waals surface area contributed by atoms with Crippen LogP contribution >= 0.6 is 0 Å². The van der Waals surface area contributed by atoms with Gasteiger partial charge in [-0.05, 0) is 6.42 Å². The fraction of sp³-hybridized carbons (Fsp3) is 0.636. The smallest absolute Gasteiger partial charge is 0.319 e.